The maximum atomic E-state index is 12.0. The van der Waals surface area contributed by atoms with Gasteiger partial charge in [-0.2, -0.15) is 0 Å². The van der Waals surface area contributed by atoms with E-state index in [1.54, 1.807) is 0 Å². The second-order valence-electron chi connectivity index (χ2n) is 5.08. The lowest BCUT2D eigenvalue weighted by Crippen LogP contribution is -2.27. The Kier molecular flexibility index (Phi) is 4.80. The summed E-state index contributed by atoms with van der Waals surface area (Å²) < 4.78 is 0. The zero-order chi connectivity index (χ0) is 13.7. The molecule has 1 fully saturated rings. The third-order valence-electron chi connectivity index (χ3n) is 3.69. The van der Waals surface area contributed by atoms with Gasteiger partial charge in [0.1, 0.15) is 0 Å². The number of hydrogen-bond donors (Lipinski definition) is 3. The van der Waals surface area contributed by atoms with E-state index in [1.807, 2.05) is 25.1 Å². The van der Waals surface area contributed by atoms with Gasteiger partial charge >= 0.3 is 0 Å². The fourth-order valence-corrected chi connectivity index (χ4v) is 2.59. The van der Waals surface area contributed by atoms with Crippen LogP contribution in [0.5, 0.6) is 0 Å². The summed E-state index contributed by atoms with van der Waals surface area (Å²) in [5, 5.41) is 15.0. The van der Waals surface area contributed by atoms with Crippen LogP contribution >= 0.6 is 0 Å². The number of hydrogen-bond acceptors (Lipinski definition) is 3. The first-order chi connectivity index (χ1) is 9.22. The lowest BCUT2D eigenvalue weighted by atomic mass is 10.0. The van der Waals surface area contributed by atoms with Crippen molar-refractivity contribution in [2.24, 2.45) is 0 Å². The van der Waals surface area contributed by atoms with Crippen molar-refractivity contribution in [1.29, 1.82) is 0 Å². The highest BCUT2D eigenvalue weighted by Crippen LogP contribution is 2.25. The van der Waals surface area contributed by atoms with Gasteiger partial charge in [-0.1, -0.05) is 18.9 Å². The Labute approximate surface area is 114 Å². The van der Waals surface area contributed by atoms with Gasteiger partial charge in [-0.15, -0.1) is 0 Å². The Balaban J connectivity index is 2.10. The van der Waals surface area contributed by atoms with Crippen LogP contribution in [0.25, 0.3) is 0 Å². The average Bonchev–Trinajstić information content (AvgIpc) is 2.91. The van der Waals surface area contributed by atoms with E-state index in [0.29, 0.717) is 18.2 Å². The molecule has 104 valence electrons. The number of carbonyl (C=O) groups is 1. The van der Waals surface area contributed by atoms with Gasteiger partial charge < -0.3 is 15.7 Å². The molecule has 19 heavy (non-hydrogen) atoms. The van der Waals surface area contributed by atoms with Crippen LogP contribution in [0.15, 0.2) is 18.2 Å². The minimum absolute atomic E-state index is 0.0369. The smallest absolute Gasteiger partial charge is 0.251 e. The summed E-state index contributed by atoms with van der Waals surface area (Å²) in [5.74, 6) is -0.123. The van der Waals surface area contributed by atoms with E-state index in [0.717, 1.165) is 11.3 Å². The van der Waals surface area contributed by atoms with Gasteiger partial charge in [-0.3, -0.25) is 4.79 Å². The van der Waals surface area contributed by atoms with Gasteiger partial charge in [0.25, 0.3) is 5.91 Å². The Morgan fingerprint density at radius 3 is 2.79 bits per heavy atom. The summed E-state index contributed by atoms with van der Waals surface area (Å²) in [6.45, 7) is 2.22. The number of rotatable bonds is 5. The van der Waals surface area contributed by atoms with E-state index in [4.69, 9.17) is 5.11 Å². The molecule has 0 aliphatic heterocycles. The van der Waals surface area contributed by atoms with Crippen LogP contribution in [0.3, 0.4) is 0 Å². The van der Waals surface area contributed by atoms with Crippen molar-refractivity contribution >= 4 is 11.6 Å². The van der Waals surface area contributed by atoms with E-state index in [1.165, 1.54) is 25.7 Å². The normalized spacial score (nSPS) is 15.5. The van der Waals surface area contributed by atoms with Gasteiger partial charge in [0.05, 0.1) is 6.61 Å². The third kappa shape index (κ3) is 3.47. The minimum atomic E-state index is -0.123. The molecule has 2 rings (SSSR count). The van der Waals surface area contributed by atoms with Crippen molar-refractivity contribution in [3.05, 3.63) is 29.3 Å². The lowest BCUT2D eigenvalue weighted by molar-refractivity contribution is 0.0944. The van der Waals surface area contributed by atoms with Crippen LogP contribution in [0, 0.1) is 6.92 Å². The summed E-state index contributed by atoms with van der Waals surface area (Å²) in [6, 6.07) is 6.28. The van der Waals surface area contributed by atoms with Crippen LogP contribution < -0.4 is 10.6 Å². The summed E-state index contributed by atoms with van der Waals surface area (Å²) >= 11 is 0. The predicted octanol–water partition coefficient (Wildman–Crippen LogP) is 2.07. The molecule has 4 nitrogen and oxygen atoms in total. The largest absolute Gasteiger partial charge is 0.395 e. The molecule has 1 aromatic carbocycles. The summed E-state index contributed by atoms with van der Waals surface area (Å²) in [6.07, 6.45) is 4.99. The van der Waals surface area contributed by atoms with Crippen LogP contribution in [0.2, 0.25) is 0 Å². The van der Waals surface area contributed by atoms with Crippen molar-refractivity contribution < 1.29 is 9.90 Å². The molecule has 1 aliphatic carbocycles. The number of aliphatic hydroxyl groups is 1. The molecule has 0 unspecified atom stereocenters. The van der Waals surface area contributed by atoms with Gasteiger partial charge in [-0.05, 0) is 37.5 Å². The number of anilines is 1. The molecule has 0 bridgehead atoms. The maximum Gasteiger partial charge on any atom is 0.251 e. The predicted molar refractivity (Wildman–Crippen MR) is 76.5 cm³/mol. The van der Waals surface area contributed by atoms with E-state index in [-0.39, 0.29) is 12.5 Å². The van der Waals surface area contributed by atoms with Crippen molar-refractivity contribution in [2.45, 2.75) is 38.6 Å². The SMILES string of the molecule is Cc1c(NC2CCCC2)cccc1C(=O)NCCO. The fourth-order valence-electron chi connectivity index (χ4n) is 2.59. The first kappa shape index (κ1) is 13.9. The number of aliphatic hydroxyl groups excluding tert-OH is 1. The molecule has 0 atom stereocenters. The second-order valence-corrected chi connectivity index (χ2v) is 5.08. The van der Waals surface area contributed by atoms with Crippen LogP contribution in [0.1, 0.15) is 41.6 Å². The van der Waals surface area contributed by atoms with E-state index >= 15 is 0 Å². The van der Waals surface area contributed by atoms with Crippen molar-refractivity contribution in [3.8, 4) is 0 Å². The first-order valence-electron chi connectivity index (χ1n) is 6.97. The number of carbonyl (C=O) groups excluding carboxylic acids is 1. The minimum Gasteiger partial charge on any atom is -0.395 e. The zero-order valence-electron chi connectivity index (χ0n) is 11.4. The molecular formula is C15H22N2O2. The molecule has 0 heterocycles. The molecule has 0 saturated heterocycles. The van der Waals surface area contributed by atoms with Crippen molar-refractivity contribution in [1.82, 2.24) is 5.32 Å². The molecule has 3 N–H and O–H groups in total. The molecule has 1 saturated carbocycles. The van der Waals surface area contributed by atoms with Crippen LogP contribution in [0.4, 0.5) is 5.69 Å². The molecule has 1 aliphatic rings. The Bertz CT molecular complexity index is 440. The van der Waals surface area contributed by atoms with Crippen LogP contribution in [-0.2, 0) is 0 Å². The van der Waals surface area contributed by atoms with Crippen molar-refractivity contribution in [3.63, 3.8) is 0 Å². The van der Waals surface area contributed by atoms with Gasteiger partial charge in [0.15, 0.2) is 0 Å². The summed E-state index contributed by atoms with van der Waals surface area (Å²) in [5.41, 5.74) is 2.70. The maximum absolute atomic E-state index is 12.0. The highest BCUT2D eigenvalue weighted by Gasteiger charge is 2.17. The lowest BCUT2D eigenvalue weighted by Gasteiger charge is -2.17. The quantitative estimate of drug-likeness (QED) is 0.761. The third-order valence-corrected chi connectivity index (χ3v) is 3.69. The van der Waals surface area contributed by atoms with E-state index in [2.05, 4.69) is 10.6 Å². The standard InChI is InChI=1S/C15H22N2O2/c1-11-13(15(19)16-9-10-18)7-4-8-14(11)17-12-5-2-3-6-12/h4,7-8,12,17-18H,2-3,5-6,9-10H2,1H3,(H,16,19). The van der Waals surface area contributed by atoms with Gasteiger partial charge in [0.2, 0.25) is 0 Å². The molecule has 0 aromatic heterocycles. The first-order valence-corrected chi connectivity index (χ1v) is 6.97. The molecular weight excluding hydrogens is 240 g/mol. The Morgan fingerprint density at radius 2 is 2.11 bits per heavy atom. The monoisotopic (exact) mass is 262 g/mol. The van der Waals surface area contributed by atoms with E-state index in [9.17, 15) is 4.79 Å². The summed E-state index contributed by atoms with van der Waals surface area (Å²) in [7, 11) is 0. The summed E-state index contributed by atoms with van der Waals surface area (Å²) in [4.78, 5) is 12.0. The number of nitrogens with one attached hydrogen (secondary N) is 2. The average molecular weight is 262 g/mol. The molecule has 0 spiro atoms. The topological polar surface area (TPSA) is 61.4 Å². The Morgan fingerprint density at radius 1 is 1.37 bits per heavy atom. The molecule has 4 heteroatoms. The molecule has 0 radical (unpaired) electrons. The zero-order valence-corrected chi connectivity index (χ0v) is 11.4. The van der Waals surface area contributed by atoms with Gasteiger partial charge in [-0.25, -0.2) is 0 Å². The Hall–Kier alpha value is -1.55. The molecule has 1 amide bonds. The van der Waals surface area contributed by atoms with Crippen LogP contribution in [-0.4, -0.2) is 30.2 Å². The highest BCUT2D eigenvalue weighted by molar-refractivity contribution is 5.97. The fraction of sp³-hybridized carbons (Fsp3) is 0.533. The molecule has 1 aromatic rings. The van der Waals surface area contributed by atoms with E-state index < -0.39 is 0 Å². The second kappa shape index (κ2) is 6.57. The highest BCUT2D eigenvalue weighted by atomic mass is 16.3. The van der Waals surface area contributed by atoms with Gasteiger partial charge in [0, 0.05) is 23.8 Å². The number of benzene rings is 1. The number of amides is 1. The van der Waals surface area contributed by atoms with Crippen molar-refractivity contribution in [2.75, 3.05) is 18.5 Å².